The van der Waals surface area contributed by atoms with Crippen molar-refractivity contribution in [2.24, 2.45) is 0 Å². The lowest BCUT2D eigenvalue weighted by Crippen LogP contribution is -2.42. The SMILES string of the molecule is Nc1c(C(=O)NC2CCNCC2)sc2cccc(F)c12. The summed E-state index contributed by atoms with van der Waals surface area (Å²) < 4.78 is 14.5. The van der Waals surface area contributed by atoms with Gasteiger partial charge in [0.05, 0.1) is 11.1 Å². The van der Waals surface area contributed by atoms with Crippen molar-refractivity contribution < 1.29 is 9.18 Å². The van der Waals surface area contributed by atoms with Gasteiger partial charge in [-0.3, -0.25) is 4.79 Å². The summed E-state index contributed by atoms with van der Waals surface area (Å²) in [7, 11) is 0. The van der Waals surface area contributed by atoms with Crippen LogP contribution in [0.1, 0.15) is 22.5 Å². The average molecular weight is 293 g/mol. The maximum absolute atomic E-state index is 13.8. The number of halogens is 1. The number of hydrogen-bond acceptors (Lipinski definition) is 4. The van der Waals surface area contributed by atoms with Crippen LogP contribution in [-0.4, -0.2) is 25.0 Å². The monoisotopic (exact) mass is 293 g/mol. The molecule has 1 aromatic heterocycles. The Labute approximate surface area is 120 Å². The number of hydrogen-bond donors (Lipinski definition) is 3. The fourth-order valence-electron chi connectivity index (χ4n) is 2.52. The topological polar surface area (TPSA) is 67.2 Å². The summed E-state index contributed by atoms with van der Waals surface area (Å²) in [6, 6.07) is 4.93. The first-order valence-electron chi connectivity index (χ1n) is 6.65. The molecule has 1 aliphatic rings. The van der Waals surface area contributed by atoms with Gasteiger partial charge in [-0.2, -0.15) is 0 Å². The van der Waals surface area contributed by atoms with Crippen LogP contribution in [-0.2, 0) is 0 Å². The summed E-state index contributed by atoms with van der Waals surface area (Å²) in [6.45, 7) is 1.81. The second kappa shape index (κ2) is 5.38. The number of piperidine rings is 1. The fourth-order valence-corrected chi connectivity index (χ4v) is 3.55. The number of benzene rings is 1. The van der Waals surface area contributed by atoms with Crippen LogP contribution in [0.3, 0.4) is 0 Å². The molecule has 1 amide bonds. The molecule has 1 fully saturated rings. The molecule has 0 bridgehead atoms. The van der Waals surface area contributed by atoms with E-state index in [1.807, 2.05) is 0 Å². The number of fused-ring (bicyclic) bond motifs is 1. The van der Waals surface area contributed by atoms with E-state index >= 15 is 0 Å². The Balaban J connectivity index is 1.87. The van der Waals surface area contributed by atoms with E-state index in [-0.39, 0.29) is 23.5 Å². The van der Waals surface area contributed by atoms with E-state index in [0.717, 1.165) is 25.9 Å². The van der Waals surface area contributed by atoms with Crippen LogP contribution >= 0.6 is 11.3 Å². The van der Waals surface area contributed by atoms with E-state index in [4.69, 9.17) is 5.73 Å². The fraction of sp³-hybridized carbons (Fsp3) is 0.357. The highest BCUT2D eigenvalue weighted by molar-refractivity contribution is 7.21. The second-order valence-electron chi connectivity index (χ2n) is 4.96. The highest BCUT2D eigenvalue weighted by Crippen LogP contribution is 2.35. The number of carbonyl (C=O) groups is 1. The van der Waals surface area contributed by atoms with Crippen LogP contribution in [0.5, 0.6) is 0 Å². The van der Waals surface area contributed by atoms with Crippen LogP contribution in [0.4, 0.5) is 10.1 Å². The zero-order valence-corrected chi connectivity index (χ0v) is 11.7. The highest BCUT2D eigenvalue weighted by atomic mass is 32.1. The Kier molecular flexibility index (Phi) is 3.58. The lowest BCUT2D eigenvalue weighted by atomic mass is 10.1. The molecule has 1 aliphatic heterocycles. The number of rotatable bonds is 2. The van der Waals surface area contributed by atoms with Crippen molar-refractivity contribution in [1.29, 1.82) is 0 Å². The normalized spacial score (nSPS) is 16.4. The summed E-state index contributed by atoms with van der Waals surface area (Å²) >= 11 is 1.24. The third-order valence-corrected chi connectivity index (χ3v) is 4.75. The van der Waals surface area contributed by atoms with E-state index in [9.17, 15) is 9.18 Å². The Hall–Kier alpha value is -1.66. The molecule has 4 N–H and O–H groups in total. The minimum absolute atomic E-state index is 0.165. The first-order chi connectivity index (χ1) is 9.66. The van der Waals surface area contributed by atoms with E-state index in [2.05, 4.69) is 10.6 Å². The summed E-state index contributed by atoms with van der Waals surface area (Å²) in [4.78, 5) is 12.7. The first kappa shape index (κ1) is 13.3. The summed E-state index contributed by atoms with van der Waals surface area (Å²) in [5.41, 5.74) is 6.19. The van der Waals surface area contributed by atoms with E-state index in [1.165, 1.54) is 17.4 Å². The third kappa shape index (κ3) is 2.36. The molecule has 0 spiro atoms. The smallest absolute Gasteiger partial charge is 0.263 e. The molecule has 0 aliphatic carbocycles. The van der Waals surface area contributed by atoms with Crippen molar-refractivity contribution in [1.82, 2.24) is 10.6 Å². The van der Waals surface area contributed by atoms with Crippen molar-refractivity contribution in [3.63, 3.8) is 0 Å². The number of nitrogens with two attached hydrogens (primary N) is 1. The molecule has 4 nitrogen and oxygen atoms in total. The quantitative estimate of drug-likeness (QED) is 0.794. The van der Waals surface area contributed by atoms with Crippen LogP contribution in [0.15, 0.2) is 18.2 Å². The maximum atomic E-state index is 13.8. The van der Waals surface area contributed by atoms with Gasteiger partial charge in [0.25, 0.3) is 5.91 Å². The Morgan fingerprint density at radius 3 is 2.85 bits per heavy atom. The standard InChI is InChI=1S/C14H16FN3OS/c15-9-2-1-3-10-11(9)12(16)13(20-10)14(19)18-8-4-6-17-7-5-8/h1-3,8,17H,4-7,16H2,(H,18,19). The van der Waals surface area contributed by atoms with Gasteiger partial charge in [-0.05, 0) is 38.1 Å². The predicted octanol–water partition coefficient (Wildman–Crippen LogP) is 2.10. The molecule has 0 radical (unpaired) electrons. The molecule has 106 valence electrons. The van der Waals surface area contributed by atoms with E-state index < -0.39 is 0 Å². The number of nitrogen functional groups attached to an aromatic ring is 1. The van der Waals surface area contributed by atoms with Crippen molar-refractivity contribution in [3.8, 4) is 0 Å². The van der Waals surface area contributed by atoms with Gasteiger partial charge in [-0.15, -0.1) is 11.3 Å². The molecule has 2 heterocycles. The zero-order valence-electron chi connectivity index (χ0n) is 10.9. The molecule has 0 atom stereocenters. The number of nitrogens with one attached hydrogen (secondary N) is 2. The molecule has 6 heteroatoms. The lowest BCUT2D eigenvalue weighted by Gasteiger charge is -2.23. The van der Waals surface area contributed by atoms with Crippen LogP contribution < -0.4 is 16.4 Å². The van der Waals surface area contributed by atoms with Gasteiger partial charge in [0.1, 0.15) is 10.7 Å². The van der Waals surface area contributed by atoms with Gasteiger partial charge in [0, 0.05) is 10.7 Å². The number of carbonyl (C=O) groups excluding carboxylic acids is 1. The first-order valence-corrected chi connectivity index (χ1v) is 7.46. The second-order valence-corrected chi connectivity index (χ2v) is 6.01. The molecule has 2 aromatic rings. The predicted molar refractivity (Wildman–Crippen MR) is 79.6 cm³/mol. The maximum Gasteiger partial charge on any atom is 0.263 e. The van der Waals surface area contributed by atoms with E-state index in [1.54, 1.807) is 12.1 Å². The molecular formula is C14H16FN3OS. The minimum Gasteiger partial charge on any atom is -0.397 e. The summed E-state index contributed by atoms with van der Waals surface area (Å²) in [5.74, 6) is -0.577. The van der Waals surface area contributed by atoms with Gasteiger partial charge in [0.15, 0.2) is 0 Å². The Morgan fingerprint density at radius 1 is 1.40 bits per heavy atom. The van der Waals surface area contributed by atoms with Crippen molar-refractivity contribution >= 4 is 33.0 Å². The highest BCUT2D eigenvalue weighted by Gasteiger charge is 2.21. The lowest BCUT2D eigenvalue weighted by molar-refractivity contribution is 0.0934. The number of thiophene rings is 1. The molecule has 1 aromatic carbocycles. The van der Waals surface area contributed by atoms with Crippen LogP contribution in [0.25, 0.3) is 10.1 Å². The molecule has 20 heavy (non-hydrogen) atoms. The van der Waals surface area contributed by atoms with Crippen molar-refractivity contribution in [3.05, 3.63) is 28.9 Å². The van der Waals surface area contributed by atoms with Crippen LogP contribution in [0.2, 0.25) is 0 Å². The summed E-state index contributed by atoms with van der Waals surface area (Å²) in [5, 5.41) is 6.59. The number of anilines is 1. The van der Waals surface area contributed by atoms with Crippen molar-refractivity contribution in [2.75, 3.05) is 18.8 Å². The van der Waals surface area contributed by atoms with E-state index in [0.29, 0.717) is 15.0 Å². The molecule has 0 unspecified atom stereocenters. The van der Waals surface area contributed by atoms with Gasteiger partial charge in [-0.25, -0.2) is 4.39 Å². The average Bonchev–Trinajstić information content (AvgIpc) is 2.79. The molecule has 0 saturated carbocycles. The largest absolute Gasteiger partial charge is 0.397 e. The molecular weight excluding hydrogens is 277 g/mol. The van der Waals surface area contributed by atoms with Gasteiger partial charge in [-0.1, -0.05) is 6.07 Å². The Bertz CT molecular complexity index is 649. The zero-order chi connectivity index (χ0) is 14.1. The molecule has 1 saturated heterocycles. The minimum atomic E-state index is -0.378. The summed E-state index contributed by atoms with van der Waals surface area (Å²) in [6.07, 6.45) is 1.82. The molecule has 3 rings (SSSR count). The van der Waals surface area contributed by atoms with Crippen molar-refractivity contribution in [2.45, 2.75) is 18.9 Å². The Morgan fingerprint density at radius 2 is 2.15 bits per heavy atom. The number of amides is 1. The van der Waals surface area contributed by atoms with Gasteiger partial charge >= 0.3 is 0 Å². The van der Waals surface area contributed by atoms with Gasteiger partial charge in [0.2, 0.25) is 0 Å². The van der Waals surface area contributed by atoms with Gasteiger partial charge < -0.3 is 16.4 Å². The third-order valence-electron chi connectivity index (χ3n) is 3.58. The van der Waals surface area contributed by atoms with Crippen LogP contribution in [0, 0.1) is 5.82 Å².